The monoisotopic (exact) mass is 235 g/mol. The molecule has 0 spiro atoms. The van der Waals surface area contributed by atoms with E-state index >= 15 is 0 Å². The molecule has 7 heteroatoms. The average Bonchev–Trinajstić information content (AvgIpc) is 1.99. The fourth-order valence-electron chi connectivity index (χ4n) is 0.934. The third-order valence-corrected chi connectivity index (χ3v) is 2.02. The molecule has 0 aliphatic carbocycles. The molecule has 0 atom stereocenters. The van der Waals surface area contributed by atoms with Gasteiger partial charge in [-0.05, 0) is 12.1 Å². The zero-order chi connectivity index (χ0) is 11.6. The van der Waals surface area contributed by atoms with Gasteiger partial charge < -0.3 is 0 Å². The summed E-state index contributed by atoms with van der Waals surface area (Å²) in [7, 11) is -3.84. The van der Waals surface area contributed by atoms with Crippen molar-refractivity contribution >= 4 is 15.9 Å². The molecule has 0 unspecified atom stereocenters. The summed E-state index contributed by atoms with van der Waals surface area (Å²) in [6.07, 6.45) is 0.712. The van der Waals surface area contributed by atoms with Crippen molar-refractivity contribution in [3.05, 3.63) is 35.4 Å². The second-order valence-corrected chi connectivity index (χ2v) is 4.55. The lowest BCUT2D eigenvalue weighted by molar-refractivity contribution is 0.0973. The number of benzene rings is 1. The molecule has 1 aromatic carbocycles. The summed E-state index contributed by atoms with van der Waals surface area (Å²) in [5.41, 5.74) is -0.914. The molecule has 1 rings (SSSR count). The highest BCUT2D eigenvalue weighted by Crippen LogP contribution is 2.11. The van der Waals surface area contributed by atoms with Crippen molar-refractivity contribution < 1.29 is 22.0 Å². The smallest absolute Gasteiger partial charge is 0.268 e. The first-order valence-corrected chi connectivity index (χ1v) is 5.66. The van der Waals surface area contributed by atoms with Gasteiger partial charge in [0.05, 0.1) is 6.26 Å². The van der Waals surface area contributed by atoms with Crippen molar-refractivity contribution in [1.82, 2.24) is 4.72 Å². The molecule has 4 nitrogen and oxygen atoms in total. The van der Waals surface area contributed by atoms with Crippen LogP contribution in [0.5, 0.6) is 0 Å². The lowest BCUT2D eigenvalue weighted by Crippen LogP contribution is -2.30. The number of nitrogens with one attached hydrogen (secondary N) is 1. The third-order valence-electron chi connectivity index (χ3n) is 1.47. The molecule has 0 bridgehead atoms. The van der Waals surface area contributed by atoms with Crippen LogP contribution in [0, 0.1) is 11.6 Å². The Morgan fingerprint density at radius 1 is 1.27 bits per heavy atom. The molecule has 0 saturated heterocycles. The number of halogens is 2. The van der Waals surface area contributed by atoms with Crippen LogP contribution in [0.1, 0.15) is 10.4 Å². The van der Waals surface area contributed by atoms with Gasteiger partial charge in [0.25, 0.3) is 5.91 Å². The third kappa shape index (κ3) is 2.98. The van der Waals surface area contributed by atoms with Gasteiger partial charge in [-0.1, -0.05) is 6.07 Å². The van der Waals surface area contributed by atoms with Crippen LogP contribution in [0.3, 0.4) is 0 Å². The Labute approximate surface area is 85.0 Å². The van der Waals surface area contributed by atoms with Crippen molar-refractivity contribution in [1.29, 1.82) is 0 Å². The molecule has 0 aliphatic heterocycles. The Morgan fingerprint density at radius 2 is 1.73 bits per heavy atom. The predicted octanol–water partition coefficient (Wildman–Crippen LogP) is 0.654. The number of sulfonamides is 1. The van der Waals surface area contributed by atoms with Gasteiger partial charge in [0.15, 0.2) is 0 Å². The number of hydrogen-bond donors (Lipinski definition) is 1. The Morgan fingerprint density at radius 3 is 2.13 bits per heavy atom. The maximum absolute atomic E-state index is 13.0. The molecule has 1 N–H and O–H groups in total. The maximum Gasteiger partial charge on any atom is 0.270 e. The topological polar surface area (TPSA) is 63.2 Å². The van der Waals surface area contributed by atoms with Crippen LogP contribution in [-0.2, 0) is 10.0 Å². The van der Waals surface area contributed by atoms with Gasteiger partial charge in [-0.2, -0.15) is 0 Å². The number of carbonyl (C=O) groups excluding carboxylic acids is 1. The fourth-order valence-corrected chi connectivity index (χ4v) is 1.37. The Balaban J connectivity index is 3.12. The molecule has 0 aliphatic rings. The van der Waals surface area contributed by atoms with Crippen LogP contribution in [0.2, 0.25) is 0 Å². The van der Waals surface area contributed by atoms with Crippen molar-refractivity contribution in [3.63, 3.8) is 0 Å². The fraction of sp³-hybridized carbons (Fsp3) is 0.125. The molecular weight excluding hydrogens is 228 g/mol. The van der Waals surface area contributed by atoms with Crippen LogP contribution >= 0.6 is 0 Å². The molecular formula is C8H7F2NO3S. The van der Waals surface area contributed by atoms with E-state index in [1.54, 1.807) is 0 Å². The predicted molar refractivity (Wildman–Crippen MR) is 48.7 cm³/mol. The molecule has 15 heavy (non-hydrogen) atoms. The van der Waals surface area contributed by atoms with E-state index in [0.717, 1.165) is 18.2 Å². The van der Waals surface area contributed by atoms with Crippen molar-refractivity contribution in [2.24, 2.45) is 0 Å². The highest BCUT2D eigenvalue weighted by Gasteiger charge is 2.19. The molecule has 1 amide bonds. The zero-order valence-corrected chi connectivity index (χ0v) is 8.44. The summed E-state index contributed by atoms with van der Waals surface area (Å²) in [6, 6.07) is 2.79. The number of amides is 1. The first kappa shape index (κ1) is 11.6. The minimum atomic E-state index is -3.84. The van der Waals surface area contributed by atoms with E-state index in [1.165, 1.54) is 4.72 Å². The SMILES string of the molecule is CS(=O)(=O)NC(=O)c1c(F)cccc1F. The van der Waals surface area contributed by atoms with Gasteiger partial charge >= 0.3 is 0 Å². The van der Waals surface area contributed by atoms with Gasteiger partial charge in [-0.3, -0.25) is 4.79 Å². The summed E-state index contributed by atoms with van der Waals surface area (Å²) in [5, 5.41) is 0. The Kier molecular flexibility index (Phi) is 3.04. The molecule has 1 aromatic rings. The molecule has 0 aromatic heterocycles. The summed E-state index contributed by atoms with van der Waals surface area (Å²) in [5.74, 6) is -3.56. The number of carbonyl (C=O) groups is 1. The first-order chi connectivity index (χ1) is 6.81. The second-order valence-electron chi connectivity index (χ2n) is 2.80. The van der Waals surface area contributed by atoms with Crippen LogP contribution < -0.4 is 4.72 Å². The van der Waals surface area contributed by atoms with E-state index in [2.05, 4.69) is 0 Å². The van der Waals surface area contributed by atoms with Crippen LogP contribution in [0.4, 0.5) is 8.78 Å². The summed E-state index contributed by atoms with van der Waals surface area (Å²) >= 11 is 0. The Bertz CT molecular complexity index is 478. The first-order valence-electron chi connectivity index (χ1n) is 3.77. The van der Waals surface area contributed by atoms with Gasteiger partial charge in [-0.25, -0.2) is 21.9 Å². The summed E-state index contributed by atoms with van der Waals surface area (Å²) in [6.45, 7) is 0. The highest BCUT2D eigenvalue weighted by molar-refractivity contribution is 7.89. The van der Waals surface area contributed by atoms with Crippen LogP contribution in [0.15, 0.2) is 18.2 Å². The molecule has 0 radical (unpaired) electrons. The maximum atomic E-state index is 13.0. The quantitative estimate of drug-likeness (QED) is 0.818. The van der Waals surface area contributed by atoms with E-state index in [9.17, 15) is 22.0 Å². The minimum absolute atomic E-state index is 0.712. The normalized spacial score (nSPS) is 11.1. The number of hydrogen-bond acceptors (Lipinski definition) is 3. The lowest BCUT2D eigenvalue weighted by Gasteiger charge is -2.04. The van der Waals surface area contributed by atoms with Crippen molar-refractivity contribution in [3.8, 4) is 0 Å². The van der Waals surface area contributed by atoms with E-state index in [4.69, 9.17) is 0 Å². The molecule has 0 fully saturated rings. The minimum Gasteiger partial charge on any atom is -0.268 e. The van der Waals surface area contributed by atoms with Gasteiger partial charge in [0.2, 0.25) is 10.0 Å². The van der Waals surface area contributed by atoms with Crippen LogP contribution in [0.25, 0.3) is 0 Å². The average molecular weight is 235 g/mol. The molecule has 0 saturated carbocycles. The van der Waals surface area contributed by atoms with E-state index < -0.39 is 33.1 Å². The molecule has 0 heterocycles. The highest BCUT2D eigenvalue weighted by atomic mass is 32.2. The van der Waals surface area contributed by atoms with Crippen molar-refractivity contribution in [2.45, 2.75) is 0 Å². The number of rotatable bonds is 2. The van der Waals surface area contributed by atoms with Gasteiger partial charge in [0.1, 0.15) is 17.2 Å². The summed E-state index contributed by atoms with van der Waals surface area (Å²) < 4.78 is 48.8. The lowest BCUT2D eigenvalue weighted by atomic mass is 10.2. The van der Waals surface area contributed by atoms with E-state index in [0.29, 0.717) is 6.26 Å². The second kappa shape index (κ2) is 3.93. The summed E-state index contributed by atoms with van der Waals surface area (Å²) in [4.78, 5) is 11.1. The van der Waals surface area contributed by atoms with Crippen LogP contribution in [-0.4, -0.2) is 20.6 Å². The van der Waals surface area contributed by atoms with E-state index in [-0.39, 0.29) is 0 Å². The Hall–Kier alpha value is -1.50. The van der Waals surface area contributed by atoms with Crippen molar-refractivity contribution in [2.75, 3.05) is 6.26 Å². The van der Waals surface area contributed by atoms with Gasteiger partial charge in [0, 0.05) is 0 Å². The van der Waals surface area contributed by atoms with E-state index in [1.807, 2.05) is 0 Å². The zero-order valence-electron chi connectivity index (χ0n) is 7.62. The largest absolute Gasteiger partial charge is 0.270 e. The van der Waals surface area contributed by atoms with Gasteiger partial charge in [-0.15, -0.1) is 0 Å². The standard InChI is InChI=1S/C8H7F2NO3S/c1-15(13,14)11-8(12)7-5(9)3-2-4-6(7)10/h2-4H,1H3,(H,11,12). The molecule has 82 valence electrons.